The van der Waals surface area contributed by atoms with E-state index in [-0.39, 0.29) is 24.2 Å². The molecule has 2 aliphatic rings. The van der Waals surface area contributed by atoms with E-state index in [1.807, 2.05) is 6.07 Å². The molecule has 0 bridgehead atoms. The first-order valence-corrected chi connectivity index (χ1v) is 9.04. The normalized spacial score (nSPS) is 31.0. The Balaban J connectivity index is 1.49. The summed E-state index contributed by atoms with van der Waals surface area (Å²) < 4.78 is 16.4. The van der Waals surface area contributed by atoms with Crippen LogP contribution in [-0.4, -0.2) is 54.5 Å². The number of aromatic nitrogens is 4. The topological polar surface area (TPSA) is 113 Å². The molecule has 8 nitrogen and oxygen atoms in total. The summed E-state index contributed by atoms with van der Waals surface area (Å²) in [5.41, 5.74) is 0.412. The average Bonchev–Trinajstić information content (AvgIpc) is 3.23. The Morgan fingerprint density at radius 1 is 1.29 bits per heavy atom. The predicted molar refractivity (Wildman–Crippen MR) is 97.3 cm³/mol. The van der Waals surface area contributed by atoms with Gasteiger partial charge in [-0.3, -0.25) is 4.79 Å². The number of carbonyl (C=O) groups excluding carboxylic acids is 1. The fourth-order valence-corrected chi connectivity index (χ4v) is 4.43. The van der Waals surface area contributed by atoms with Crippen molar-refractivity contribution < 1.29 is 19.4 Å². The first-order valence-electron chi connectivity index (χ1n) is 9.04. The molecule has 1 amide bonds. The number of halogens is 1. The highest BCUT2D eigenvalue weighted by molar-refractivity contribution is 6.06. The zero-order valence-electron chi connectivity index (χ0n) is 14.7. The lowest BCUT2D eigenvalue weighted by atomic mass is 10.0. The van der Waals surface area contributed by atoms with Gasteiger partial charge < -0.3 is 20.1 Å². The maximum Gasteiger partial charge on any atom is 0.256 e. The van der Waals surface area contributed by atoms with Gasteiger partial charge in [0.2, 0.25) is 0 Å². The van der Waals surface area contributed by atoms with Gasteiger partial charge in [0.1, 0.15) is 12.5 Å². The third-order valence-corrected chi connectivity index (χ3v) is 6.05. The second-order valence-corrected chi connectivity index (χ2v) is 7.45. The Kier molecular flexibility index (Phi) is 3.72. The van der Waals surface area contributed by atoms with Crippen LogP contribution >= 0.6 is 0 Å². The fraction of sp³-hybridized carbons (Fsp3) is 0.368. The molecule has 2 fully saturated rings. The molecule has 0 saturated heterocycles. The summed E-state index contributed by atoms with van der Waals surface area (Å²) in [4.78, 5) is 25.0. The summed E-state index contributed by atoms with van der Waals surface area (Å²) in [6.45, 7) is -0.254. The molecule has 5 atom stereocenters. The van der Waals surface area contributed by atoms with E-state index in [0.29, 0.717) is 23.1 Å². The van der Waals surface area contributed by atoms with Gasteiger partial charge in [-0.25, -0.2) is 19.3 Å². The minimum absolute atomic E-state index is 0.183. The Labute approximate surface area is 159 Å². The Bertz CT molecular complexity index is 1060. The molecule has 5 rings (SSSR count). The molecule has 0 aliphatic heterocycles. The molecule has 2 aromatic heterocycles. The highest BCUT2D eigenvalue weighted by Gasteiger charge is 2.72. The van der Waals surface area contributed by atoms with Gasteiger partial charge in [-0.05, 0) is 24.5 Å². The number of nitrogens with one attached hydrogen (secondary N) is 1. The van der Waals surface area contributed by atoms with Crippen LogP contribution in [0.25, 0.3) is 11.2 Å². The standard InChI is InChI=1S/C19H18FN5O3/c20-12-14(11-6-19(11,7-26)15(12)27)25-9-23-13-16(21-8-22-17(13)25)24-18(28)10-4-2-1-3-5-10/h1-5,8-9,11-12,14-15,26-27H,6-7H2,(H,21,22,24,28)/t11-,12+,14-,15+,19+/m1/s1. The lowest BCUT2D eigenvalue weighted by molar-refractivity contribution is 0.00953. The minimum Gasteiger partial charge on any atom is -0.396 e. The molecule has 9 heteroatoms. The average molecular weight is 383 g/mol. The second-order valence-electron chi connectivity index (χ2n) is 7.45. The molecule has 28 heavy (non-hydrogen) atoms. The quantitative estimate of drug-likeness (QED) is 0.627. The van der Waals surface area contributed by atoms with E-state index < -0.39 is 23.7 Å². The molecule has 1 aromatic carbocycles. The highest BCUT2D eigenvalue weighted by Crippen LogP contribution is 2.68. The van der Waals surface area contributed by atoms with Crippen molar-refractivity contribution in [2.45, 2.75) is 24.7 Å². The van der Waals surface area contributed by atoms with E-state index >= 15 is 0 Å². The highest BCUT2D eigenvalue weighted by atomic mass is 19.1. The number of hydrogen-bond donors (Lipinski definition) is 3. The SMILES string of the molecule is O=C(Nc1ncnc2c1ncn2[C@H]1[C@H](F)[C@H](O)[C@]2(CO)C[C@H]12)c1ccccc1. The third kappa shape index (κ3) is 2.29. The summed E-state index contributed by atoms with van der Waals surface area (Å²) >= 11 is 0. The van der Waals surface area contributed by atoms with Gasteiger partial charge in [0, 0.05) is 11.0 Å². The summed E-state index contributed by atoms with van der Waals surface area (Å²) in [6.07, 6.45) is 0.543. The number of carbonyl (C=O) groups is 1. The van der Waals surface area contributed by atoms with Gasteiger partial charge >= 0.3 is 0 Å². The van der Waals surface area contributed by atoms with E-state index in [4.69, 9.17) is 0 Å². The lowest BCUT2D eigenvalue weighted by Crippen LogP contribution is -2.32. The van der Waals surface area contributed by atoms with Crippen molar-refractivity contribution in [3.8, 4) is 0 Å². The Hall–Kier alpha value is -2.91. The van der Waals surface area contributed by atoms with Gasteiger partial charge in [-0.2, -0.15) is 0 Å². The first-order chi connectivity index (χ1) is 13.6. The van der Waals surface area contributed by atoms with E-state index in [2.05, 4.69) is 20.3 Å². The maximum absolute atomic E-state index is 14.8. The number of nitrogens with zero attached hydrogens (tertiary/aromatic N) is 4. The molecule has 0 unspecified atom stereocenters. The lowest BCUT2D eigenvalue weighted by Gasteiger charge is -2.21. The van der Waals surface area contributed by atoms with Gasteiger partial charge in [-0.1, -0.05) is 18.2 Å². The van der Waals surface area contributed by atoms with Crippen LogP contribution < -0.4 is 5.32 Å². The van der Waals surface area contributed by atoms with Crippen LogP contribution in [-0.2, 0) is 0 Å². The molecule has 0 spiro atoms. The minimum atomic E-state index is -1.53. The number of aliphatic hydroxyl groups excluding tert-OH is 2. The van der Waals surface area contributed by atoms with Crippen LogP contribution in [0.15, 0.2) is 43.0 Å². The van der Waals surface area contributed by atoms with Crippen LogP contribution in [0, 0.1) is 11.3 Å². The Morgan fingerprint density at radius 2 is 2.07 bits per heavy atom. The smallest absolute Gasteiger partial charge is 0.256 e. The van der Waals surface area contributed by atoms with E-state index in [9.17, 15) is 19.4 Å². The molecule has 3 N–H and O–H groups in total. The van der Waals surface area contributed by atoms with Crippen molar-refractivity contribution in [2.75, 3.05) is 11.9 Å². The molecule has 3 aromatic rings. The van der Waals surface area contributed by atoms with Crippen LogP contribution in [0.3, 0.4) is 0 Å². The van der Waals surface area contributed by atoms with E-state index in [0.717, 1.165) is 0 Å². The van der Waals surface area contributed by atoms with Gasteiger partial charge in [-0.15, -0.1) is 0 Å². The molecule has 0 radical (unpaired) electrons. The first kappa shape index (κ1) is 17.2. The summed E-state index contributed by atoms with van der Waals surface area (Å²) in [7, 11) is 0. The van der Waals surface area contributed by atoms with E-state index in [1.165, 1.54) is 12.7 Å². The van der Waals surface area contributed by atoms with Gasteiger partial charge in [0.15, 0.2) is 17.0 Å². The third-order valence-electron chi connectivity index (χ3n) is 6.05. The molecule has 2 saturated carbocycles. The second kappa shape index (κ2) is 6.05. The number of anilines is 1. The van der Waals surface area contributed by atoms with Crippen molar-refractivity contribution in [2.24, 2.45) is 11.3 Å². The molecule has 144 valence electrons. The molecular weight excluding hydrogens is 365 g/mol. The largest absolute Gasteiger partial charge is 0.396 e. The number of imidazole rings is 1. The molecule has 2 heterocycles. The van der Waals surface area contributed by atoms with Crippen LogP contribution in [0.2, 0.25) is 0 Å². The van der Waals surface area contributed by atoms with Crippen LogP contribution in [0.4, 0.5) is 10.2 Å². The number of aliphatic hydroxyl groups is 2. The monoisotopic (exact) mass is 383 g/mol. The van der Waals surface area contributed by atoms with Crippen molar-refractivity contribution in [3.05, 3.63) is 48.5 Å². The summed E-state index contributed by atoms with van der Waals surface area (Å²) in [5.74, 6) is -0.288. The van der Waals surface area contributed by atoms with Crippen molar-refractivity contribution >= 4 is 22.9 Å². The number of fused-ring (bicyclic) bond motifs is 2. The summed E-state index contributed by atoms with van der Waals surface area (Å²) in [5, 5.41) is 22.6. The Morgan fingerprint density at radius 3 is 2.79 bits per heavy atom. The maximum atomic E-state index is 14.8. The number of hydrogen-bond acceptors (Lipinski definition) is 6. The zero-order chi connectivity index (χ0) is 19.5. The van der Waals surface area contributed by atoms with Gasteiger partial charge in [0.05, 0.1) is 25.1 Å². The van der Waals surface area contributed by atoms with Crippen molar-refractivity contribution in [1.82, 2.24) is 19.5 Å². The van der Waals surface area contributed by atoms with Crippen molar-refractivity contribution in [1.29, 1.82) is 0 Å². The number of amides is 1. The van der Waals surface area contributed by atoms with Crippen LogP contribution in [0.5, 0.6) is 0 Å². The van der Waals surface area contributed by atoms with Crippen molar-refractivity contribution in [3.63, 3.8) is 0 Å². The fourth-order valence-electron chi connectivity index (χ4n) is 4.43. The predicted octanol–water partition coefficient (Wildman–Crippen LogP) is 1.33. The zero-order valence-corrected chi connectivity index (χ0v) is 14.7. The number of rotatable bonds is 4. The summed E-state index contributed by atoms with van der Waals surface area (Å²) in [6, 6.07) is 8.03. The molecular formula is C19H18FN5O3. The number of alkyl halides is 1. The van der Waals surface area contributed by atoms with E-state index in [1.54, 1.807) is 28.8 Å². The van der Waals surface area contributed by atoms with Crippen LogP contribution in [0.1, 0.15) is 22.8 Å². The van der Waals surface area contributed by atoms with Gasteiger partial charge in [0.25, 0.3) is 5.91 Å². The number of benzene rings is 1. The molecule has 2 aliphatic carbocycles.